The molecule has 0 radical (unpaired) electrons. The van der Waals surface area contributed by atoms with Gasteiger partial charge in [-0.05, 0) is 18.1 Å². The molecule has 110 valence electrons. The maximum atomic E-state index is 11.5. The van der Waals surface area contributed by atoms with Crippen LogP contribution in [0.3, 0.4) is 0 Å². The third-order valence-electron chi connectivity index (χ3n) is 2.95. The molecule has 0 aliphatic rings. The van der Waals surface area contributed by atoms with Crippen molar-refractivity contribution < 1.29 is 14.6 Å². The van der Waals surface area contributed by atoms with Crippen LogP contribution in [-0.4, -0.2) is 34.7 Å². The molecular formula is C14H15N3O4. The van der Waals surface area contributed by atoms with Crippen LogP contribution in [0.4, 0.5) is 5.82 Å². The van der Waals surface area contributed by atoms with Crippen LogP contribution in [0.1, 0.15) is 15.9 Å². The van der Waals surface area contributed by atoms with Crippen LogP contribution in [0.25, 0.3) is 0 Å². The number of aromatic amines is 1. The normalized spacial score (nSPS) is 10.1. The number of benzene rings is 1. The van der Waals surface area contributed by atoms with Gasteiger partial charge in [-0.25, -0.2) is 9.78 Å². The van der Waals surface area contributed by atoms with Gasteiger partial charge >= 0.3 is 5.97 Å². The molecular weight excluding hydrogens is 274 g/mol. The van der Waals surface area contributed by atoms with E-state index < -0.39 is 5.97 Å². The van der Waals surface area contributed by atoms with E-state index in [1.807, 2.05) is 0 Å². The Labute approximate surface area is 120 Å². The molecule has 0 aliphatic carbocycles. The zero-order valence-corrected chi connectivity index (χ0v) is 11.4. The van der Waals surface area contributed by atoms with Crippen LogP contribution in [0, 0.1) is 0 Å². The molecule has 0 atom stereocenters. The number of nitrogens with zero attached hydrogens (tertiary/aromatic N) is 1. The Morgan fingerprint density at radius 3 is 2.90 bits per heavy atom. The van der Waals surface area contributed by atoms with Crippen LogP contribution in [0.15, 0.2) is 35.4 Å². The van der Waals surface area contributed by atoms with Gasteiger partial charge in [-0.2, -0.15) is 0 Å². The Balaban J connectivity index is 2.08. The molecule has 0 saturated carbocycles. The Kier molecular flexibility index (Phi) is 4.55. The number of nitrogens with one attached hydrogen (secondary N) is 2. The molecule has 0 aliphatic heterocycles. The van der Waals surface area contributed by atoms with E-state index in [4.69, 9.17) is 9.84 Å². The van der Waals surface area contributed by atoms with Crippen LogP contribution in [-0.2, 0) is 6.42 Å². The fourth-order valence-corrected chi connectivity index (χ4v) is 1.96. The molecule has 2 aromatic rings. The number of rotatable bonds is 6. The first kappa shape index (κ1) is 14.6. The summed E-state index contributed by atoms with van der Waals surface area (Å²) < 4.78 is 4.98. The van der Waals surface area contributed by atoms with Crippen molar-refractivity contribution in [1.29, 1.82) is 0 Å². The van der Waals surface area contributed by atoms with E-state index in [0.29, 0.717) is 24.3 Å². The summed E-state index contributed by atoms with van der Waals surface area (Å²) in [6.45, 7) is 0.428. The minimum atomic E-state index is -0.961. The molecule has 1 aromatic heterocycles. The molecule has 0 unspecified atom stereocenters. The second-order valence-corrected chi connectivity index (χ2v) is 4.25. The summed E-state index contributed by atoms with van der Waals surface area (Å²) in [6, 6.07) is 6.78. The average Bonchev–Trinajstić information content (AvgIpc) is 2.48. The van der Waals surface area contributed by atoms with Crippen molar-refractivity contribution in [1.82, 2.24) is 9.97 Å². The first-order valence-electron chi connectivity index (χ1n) is 6.30. The van der Waals surface area contributed by atoms with Crippen LogP contribution in [0.2, 0.25) is 0 Å². The molecule has 7 nitrogen and oxygen atoms in total. The molecule has 7 heteroatoms. The number of aromatic nitrogens is 2. The van der Waals surface area contributed by atoms with Crippen molar-refractivity contribution in [3.63, 3.8) is 0 Å². The molecule has 2 rings (SSSR count). The lowest BCUT2D eigenvalue weighted by Crippen LogP contribution is -2.16. The summed E-state index contributed by atoms with van der Waals surface area (Å²) in [5, 5.41) is 12.1. The Bertz CT molecular complexity index is 697. The van der Waals surface area contributed by atoms with Crippen molar-refractivity contribution in [2.75, 3.05) is 19.0 Å². The summed E-state index contributed by atoms with van der Waals surface area (Å²) in [5.74, 6) is -0.532. The standard InChI is InChI=1S/C14H15N3O4/c1-21-11-12(16-8-17-13(11)18)15-7-6-9-4-2-3-5-10(9)14(19)20/h2-5,8H,6-7H2,1H3,(H,19,20)(H2,15,16,17,18). The van der Waals surface area contributed by atoms with E-state index in [1.54, 1.807) is 24.3 Å². The highest BCUT2D eigenvalue weighted by atomic mass is 16.5. The van der Waals surface area contributed by atoms with Gasteiger partial charge in [-0.3, -0.25) is 4.79 Å². The molecule has 1 aromatic carbocycles. The lowest BCUT2D eigenvalue weighted by atomic mass is 10.0. The van der Waals surface area contributed by atoms with E-state index in [2.05, 4.69) is 15.3 Å². The number of aromatic carboxylic acids is 1. The summed E-state index contributed by atoms with van der Waals surface area (Å²) in [5.41, 5.74) is 0.604. The topological polar surface area (TPSA) is 104 Å². The number of methoxy groups -OCH3 is 1. The SMILES string of the molecule is COc1c(NCCc2ccccc2C(=O)O)nc[nH]c1=O. The molecule has 3 N–H and O–H groups in total. The number of anilines is 1. The zero-order chi connectivity index (χ0) is 15.2. The lowest BCUT2D eigenvalue weighted by Gasteiger charge is -2.10. The number of ether oxygens (including phenoxy) is 1. The maximum absolute atomic E-state index is 11.5. The number of H-pyrrole nitrogens is 1. The minimum Gasteiger partial charge on any atom is -0.489 e. The first-order chi connectivity index (χ1) is 10.1. The number of carbonyl (C=O) groups is 1. The van der Waals surface area contributed by atoms with Gasteiger partial charge in [0.05, 0.1) is 19.0 Å². The Morgan fingerprint density at radius 2 is 2.19 bits per heavy atom. The van der Waals surface area contributed by atoms with Gasteiger partial charge in [0.15, 0.2) is 5.82 Å². The first-order valence-corrected chi connectivity index (χ1v) is 6.30. The van der Waals surface area contributed by atoms with Crippen LogP contribution < -0.4 is 15.6 Å². The highest BCUT2D eigenvalue weighted by Gasteiger charge is 2.10. The summed E-state index contributed by atoms with van der Waals surface area (Å²) in [4.78, 5) is 29.0. The second-order valence-electron chi connectivity index (χ2n) is 4.25. The van der Waals surface area contributed by atoms with Crippen molar-refractivity contribution in [3.05, 3.63) is 52.1 Å². The van der Waals surface area contributed by atoms with E-state index in [0.717, 1.165) is 0 Å². The fraction of sp³-hybridized carbons (Fsp3) is 0.214. The largest absolute Gasteiger partial charge is 0.489 e. The molecule has 0 spiro atoms. The highest BCUT2D eigenvalue weighted by molar-refractivity contribution is 5.89. The van der Waals surface area contributed by atoms with Crippen LogP contribution >= 0.6 is 0 Å². The van der Waals surface area contributed by atoms with Gasteiger partial charge in [0.25, 0.3) is 5.56 Å². The van der Waals surface area contributed by atoms with Crippen LogP contribution in [0.5, 0.6) is 5.75 Å². The highest BCUT2D eigenvalue weighted by Crippen LogP contribution is 2.15. The summed E-state index contributed by atoms with van der Waals surface area (Å²) in [7, 11) is 1.39. The van der Waals surface area contributed by atoms with E-state index in [1.165, 1.54) is 13.4 Å². The van der Waals surface area contributed by atoms with Gasteiger partial charge in [0, 0.05) is 6.54 Å². The quantitative estimate of drug-likeness (QED) is 0.736. The summed E-state index contributed by atoms with van der Waals surface area (Å²) >= 11 is 0. The number of carboxylic acid groups (broad SMARTS) is 1. The fourth-order valence-electron chi connectivity index (χ4n) is 1.96. The van der Waals surface area contributed by atoms with Gasteiger partial charge < -0.3 is 20.1 Å². The molecule has 0 bridgehead atoms. The Hall–Kier alpha value is -2.83. The lowest BCUT2D eigenvalue weighted by molar-refractivity contribution is 0.0695. The minimum absolute atomic E-state index is 0.101. The average molecular weight is 289 g/mol. The smallest absolute Gasteiger partial charge is 0.335 e. The third-order valence-corrected chi connectivity index (χ3v) is 2.95. The molecule has 1 heterocycles. The van der Waals surface area contributed by atoms with E-state index in [-0.39, 0.29) is 16.9 Å². The molecule has 0 amide bonds. The predicted molar refractivity (Wildman–Crippen MR) is 77.0 cm³/mol. The predicted octanol–water partition coefficient (Wildman–Crippen LogP) is 1.13. The van der Waals surface area contributed by atoms with Gasteiger partial charge in [0.2, 0.25) is 5.75 Å². The number of hydrogen-bond donors (Lipinski definition) is 3. The third kappa shape index (κ3) is 3.38. The molecule has 0 saturated heterocycles. The van der Waals surface area contributed by atoms with Gasteiger partial charge in [0.1, 0.15) is 0 Å². The Morgan fingerprint density at radius 1 is 1.43 bits per heavy atom. The molecule has 0 fully saturated rings. The second kappa shape index (κ2) is 6.56. The zero-order valence-electron chi connectivity index (χ0n) is 11.4. The maximum Gasteiger partial charge on any atom is 0.335 e. The number of carboxylic acids is 1. The van der Waals surface area contributed by atoms with Crippen molar-refractivity contribution in [2.24, 2.45) is 0 Å². The monoisotopic (exact) mass is 289 g/mol. The van der Waals surface area contributed by atoms with Crippen molar-refractivity contribution in [2.45, 2.75) is 6.42 Å². The van der Waals surface area contributed by atoms with Crippen molar-refractivity contribution in [3.8, 4) is 5.75 Å². The van der Waals surface area contributed by atoms with E-state index >= 15 is 0 Å². The van der Waals surface area contributed by atoms with Gasteiger partial charge in [-0.15, -0.1) is 0 Å². The van der Waals surface area contributed by atoms with E-state index in [9.17, 15) is 9.59 Å². The van der Waals surface area contributed by atoms with Crippen molar-refractivity contribution >= 4 is 11.8 Å². The number of hydrogen-bond acceptors (Lipinski definition) is 5. The van der Waals surface area contributed by atoms with Gasteiger partial charge in [-0.1, -0.05) is 18.2 Å². The summed E-state index contributed by atoms with van der Waals surface area (Å²) in [6.07, 6.45) is 1.76. The molecule has 21 heavy (non-hydrogen) atoms.